The molecule has 516 valence electrons. The average molecular weight is 1420 g/mol. The lowest BCUT2D eigenvalue weighted by atomic mass is 9.67. The molecule has 4 heteroatoms. The molecular weight excluding hydrogens is 1350 g/mol. The predicted octanol–water partition coefficient (Wildman–Crippen LogP) is 28.9. The second-order valence-electron chi connectivity index (χ2n) is 28.9. The number of para-hydroxylation sites is 2. The number of hydrogen-bond donors (Lipinski definition) is 0. The maximum Gasteiger partial charge on any atom is 0.137 e. The highest BCUT2D eigenvalue weighted by Gasteiger charge is 2.48. The topological polar surface area (TPSA) is 19.6 Å². The van der Waals surface area contributed by atoms with E-state index in [9.17, 15) is 0 Å². The van der Waals surface area contributed by atoms with E-state index in [2.05, 4.69) is 434 Å². The van der Waals surface area contributed by atoms with Crippen LogP contribution in [0.5, 0.6) is 0 Å². The number of nitrogens with zero attached hydrogens (tertiary/aromatic N) is 2. The van der Waals surface area contributed by atoms with E-state index in [1.54, 1.807) is 0 Å². The second kappa shape index (κ2) is 26.5. The van der Waals surface area contributed by atoms with Gasteiger partial charge >= 0.3 is 0 Å². The van der Waals surface area contributed by atoms with Crippen LogP contribution in [0.2, 0.25) is 0 Å². The second-order valence-corrected chi connectivity index (χ2v) is 30.0. The maximum atomic E-state index is 6.72. The van der Waals surface area contributed by atoms with Crippen LogP contribution in [0.15, 0.2) is 429 Å². The zero-order valence-electron chi connectivity index (χ0n) is 60.1. The Morgan fingerprint density at radius 1 is 0.227 bits per heavy atom. The normalized spacial score (nSPS) is 14.6. The van der Waals surface area contributed by atoms with Crippen LogP contribution >= 0.6 is 11.3 Å². The average Bonchev–Trinajstić information content (AvgIpc) is 1.50. The van der Waals surface area contributed by atoms with Gasteiger partial charge in [-0.1, -0.05) is 315 Å². The van der Waals surface area contributed by atoms with Gasteiger partial charge in [-0.25, -0.2) is 0 Å². The Morgan fingerprint density at radius 2 is 0.700 bits per heavy atom. The summed E-state index contributed by atoms with van der Waals surface area (Å²) in [5.41, 5.74) is 27.8. The monoisotopic (exact) mass is 1420 g/mol. The molecule has 0 radical (unpaired) electrons. The first-order chi connectivity index (χ1) is 54.5. The van der Waals surface area contributed by atoms with E-state index in [-0.39, 0.29) is 0 Å². The lowest BCUT2D eigenvalue weighted by molar-refractivity contribution is 0.668. The van der Waals surface area contributed by atoms with E-state index in [4.69, 9.17) is 4.42 Å². The minimum absolute atomic E-state index is 0.478. The molecule has 110 heavy (non-hydrogen) atoms. The molecule has 20 aromatic rings. The maximum absolute atomic E-state index is 6.72. The van der Waals surface area contributed by atoms with E-state index < -0.39 is 10.8 Å². The number of anilines is 6. The molecule has 0 N–H and O–H groups in total. The van der Waals surface area contributed by atoms with Gasteiger partial charge < -0.3 is 14.2 Å². The molecule has 2 atom stereocenters. The molecule has 2 aliphatic rings. The molecule has 0 spiro atoms. The van der Waals surface area contributed by atoms with Gasteiger partial charge in [0.1, 0.15) is 11.2 Å². The van der Waals surface area contributed by atoms with Gasteiger partial charge in [0.25, 0.3) is 0 Å². The third-order valence-electron chi connectivity index (χ3n) is 23.0. The van der Waals surface area contributed by atoms with E-state index in [0.29, 0.717) is 0 Å². The van der Waals surface area contributed by atoms with Gasteiger partial charge in [-0.05, 0) is 214 Å². The van der Waals surface area contributed by atoms with E-state index >= 15 is 0 Å². The number of hydrogen-bond acceptors (Lipinski definition) is 4. The minimum atomic E-state index is -0.509. The quantitative estimate of drug-likeness (QED) is 0.122. The van der Waals surface area contributed by atoms with E-state index in [1.165, 1.54) is 136 Å². The summed E-state index contributed by atoms with van der Waals surface area (Å²) in [5.74, 6) is 0. The molecule has 2 aliphatic carbocycles. The molecule has 22 rings (SSSR count). The highest BCUT2D eigenvalue weighted by molar-refractivity contribution is 7.26. The number of benzene rings is 18. The Hall–Kier alpha value is -13.9. The van der Waals surface area contributed by atoms with Gasteiger partial charge in [-0.3, -0.25) is 0 Å². The Morgan fingerprint density at radius 3 is 1.35 bits per heavy atom. The lowest BCUT2D eigenvalue weighted by Crippen LogP contribution is -2.28. The third-order valence-corrected chi connectivity index (χ3v) is 24.3. The van der Waals surface area contributed by atoms with Gasteiger partial charge in [-0.2, -0.15) is 0 Å². The fourth-order valence-corrected chi connectivity index (χ4v) is 19.4. The fraction of sp³-hybridized carbons (Fsp3) is 0.0189. The van der Waals surface area contributed by atoms with Crippen LogP contribution < -0.4 is 9.80 Å². The Balaban J connectivity index is 0.000000140. The van der Waals surface area contributed by atoms with E-state index in [0.717, 1.165) is 50.4 Å². The van der Waals surface area contributed by atoms with Crippen LogP contribution in [0.1, 0.15) is 44.5 Å². The van der Waals surface area contributed by atoms with Crippen molar-refractivity contribution >= 4 is 109 Å². The number of thiophene rings is 1. The van der Waals surface area contributed by atoms with Crippen molar-refractivity contribution < 1.29 is 4.42 Å². The van der Waals surface area contributed by atoms with Crippen molar-refractivity contribution in [3.05, 3.63) is 469 Å². The van der Waals surface area contributed by atoms with Crippen molar-refractivity contribution in [2.45, 2.75) is 10.8 Å². The predicted molar refractivity (Wildman–Crippen MR) is 463 cm³/mol. The standard InChI is InChI=1S/C53H35NO.C53H35NS/c1-4-14-36(15-5-1)37-24-27-43(28-25-37)54(42-20-8-3-9-21-42)44-29-30-46-48-34-41(26-31-51(48)55-52(46)35-44)53(40-18-6-2-7-19-40)49-23-13-12-22-45(49)47-32-38-16-10-11-17-39(38)33-50(47)53;1-4-15-36(16-5-1)37-27-31-42(32-28-37)54(41-20-8-3-9-21-41)49-26-14-24-44-46-35-40(30-34-50(46)55-52(44)49)53(39-18-6-2-7-19-39)47-25-13-12-23-45(47)51-43-22-11-10-17-38(43)29-33-48(51)53/h2*1-35H. The number of rotatable bonds is 12. The van der Waals surface area contributed by atoms with Crippen LogP contribution in [0.3, 0.4) is 0 Å². The first kappa shape index (κ1) is 64.5. The van der Waals surface area contributed by atoms with Crippen molar-refractivity contribution in [2.75, 3.05) is 9.80 Å². The molecule has 3 nitrogen and oxygen atoms in total. The number of fused-ring (bicyclic) bond motifs is 15. The van der Waals surface area contributed by atoms with Gasteiger partial charge in [0.2, 0.25) is 0 Å². The molecule has 0 saturated heterocycles. The Kier molecular flexibility index (Phi) is 15.6. The van der Waals surface area contributed by atoms with Crippen LogP contribution in [0.25, 0.3) is 108 Å². The van der Waals surface area contributed by atoms with Crippen LogP contribution in [-0.4, -0.2) is 0 Å². The summed E-state index contributed by atoms with van der Waals surface area (Å²) in [4.78, 5) is 4.71. The minimum Gasteiger partial charge on any atom is -0.456 e. The summed E-state index contributed by atoms with van der Waals surface area (Å²) >= 11 is 1.88. The van der Waals surface area contributed by atoms with Crippen molar-refractivity contribution in [2.24, 2.45) is 0 Å². The van der Waals surface area contributed by atoms with E-state index in [1.807, 2.05) is 11.3 Å². The van der Waals surface area contributed by atoms with Crippen LogP contribution in [0, 0.1) is 0 Å². The molecule has 0 bridgehead atoms. The molecule has 2 aromatic heterocycles. The summed E-state index contributed by atoms with van der Waals surface area (Å²) in [7, 11) is 0. The van der Waals surface area contributed by atoms with Crippen molar-refractivity contribution in [1.29, 1.82) is 0 Å². The first-order valence-corrected chi connectivity index (χ1v) is 38.7. The molecule has 0 fully saturated rings. The largest absolute Gasteiger partial charge is 0.456 e. The zero-order chi connectivity index (χ0) is 72.7. The summed E-state index contributed by atoms with van der Waals surface area (Å²) in [5, 5.41) is 9.83. The smallest absolute Gasteiger partial charge is 0.137 e. The van der Waals surface area contributed by atoms with Gasteiger partial charge in [0.15, 0.2) is 0 Å². The van der Waals surface area contributed by atoms with Gasteiger partial charge in [-0.15, -0.1) is 11.3 Å². The zero-order valence-corrected chi connectivity index (χ0v) is 60.9. The molecule has 2 heterocycles. The van der Waals surface area contributed by atoms with Gasteiger partial charge in [0.05, 0.1) is 21.2 Å². The summed E-state index contributed by atoms with van der Waals surface area (Å²) in [6, 6.07) is 155. The Labute approximate surface area is 643 Å². The molecule has 0 amide bonds. The summed E-state index contributed by atoms with van der Waals surface area (Å²) in [6.07, 6.45) is 0. The third kappa shape index (κ3) is 10.4. The number of furan rings is 1. The van der Waals surface area contributed by atoms with Gasteiger partial charge in [0, 0.05) is 60.7 Å². The molecule has 18 aromatic carbocycles. The lowest BCUT2D eigenvalue weighted by Gasteiger charge is -2.34. The summed E-state index contributed by atoms with van der Waals surface area (Å²) < 4.78 is 9.28. The summed E-state index contributed by atoms with van der Waals surface area (Å²) in [6.45, 7) is 0. The van der Waals surface area contributed by atoms with Crippen molar-refractivity contribution in [1.82, 2.24) is 0 Å². The SMILES string of the molecule is c1ccc(-c2ccc(N(c3ccccc3)c3ccc4c(c3)oc3ccc(C5(c6ccccc6)c6ccccc6-c6cc7ccccc7cc65)cc34)cc2)cc1.c1ccc(-c2ccc(N(c3ccccc3)c3cccc4c3sc3ccc(C5(c6ccccc6)c6ccccc6-c6c5ccc5ccccc65)cc34)cc2)cc1. The van der Waals surface area contributed by atoms with Crippen molar-refractivity contribution in [3.63, 3.8) is 0 Å². The molecule has 2 unspecified atom stereocenters. The molecule has 0 aliphatic heterocycles. The van der Waals surface area contributed by atoms with Crippen LogP contribution in [0.4, 0.5) is 34.1 Å². The highest BCUT2D eigenvalue weighted by Crippen LogP contribution is 2.60. The first-order valence-electron chi connectivity index (χ1n) is 37.8. The van der Waals surface area contributed by atoms with Crippen LogP contribution in [-0.2, 0) is 10.8 Å². The van der Waals surface area contributed by atoms with Crippen molar-refractivity contribution in [3.8, 4) is 44.5 Å². The molecular formula is C106H70N2OS. The fourth-order valence-electron chi connectivity index (χ4n) is 18.2. The molecule has 0 saturated carbocycles. The Bertz CT molecular complexity index is 6880. The highest BCUT2D eigenvalue weighted by atomic mass is 32.1.